The van der Waals surface area contributed by atoms with E-state index < -0.39 is 11.2 Å². The van der Waals surface area contributed by atoms with E-state index in [4.69, 9.17) is 10.5 Å². The smallest absolute Gasteiger partial charge is 0.331 e. The first-order chi connectivity index (χ1) is 17.8. The van der Waals surface area contributed by atoms with Crippen molar-refractivity contribution in [2.45, 2.75) is 45.8 Å². The minimum absolute atomic E-state index is 0.0395. The molecule has 0 aromatic carbocycles. The van der Waals surface area contributed by atoms with E-state index in [0.29, 0.717) is 74.2 Å². The first-order valence-corrected chi connectivity index (χ1v) is 12.8. The summed E-state index contributed by atoms with van der Waals surface area (Å²) in [5.74, 6) is 0.824. The molecule has 3 aromatic heterocycles. The average Bonchev–Trinajstić information content (AvgIpc) is 3.25. The van der Waals surface area contributed by atoms with Crippen molar-refractivity contribution in [2.24, 2.45) is 12.8 Å². The van der Waals surface area contributed by atoms with Gasteiger partial charge in [0, 0.05) is 57.7 Å². The summed E-state index contributed by atoms with van der Waals surface area (Å²) in [5.41, 5.74) is 7.14. The fourth-order valence-electron chi connectivity index (χ4n) is 5.45. The lowest BCUT2D eigenvalue weighted by Crippen LogP contribution is -2.45. The molecular weight excluding hydrogens is 476 g/mol. The van der Waals surface area contributed by atoms with Crippen molar-refractivity contribution in [3.05, 3.63) is 50.2 Å². The molecule has 2 saturated heterocycles. The van der Waals surface area contributed by atoms with E-state index in [-0.39, 0.29) is 18.5 Å². The molecule has 2 N–H and O–H groups in total. The molecule has 5 rings (SSSR count). The van der Waals surface area contributed by atoms with Gasteiger partial charge in [0.05, 0.1) is 25.3 Å². The zero-order valence-electron chi connectivity index (χ0n) is 21.6. The fraction of sp³-hybridized carbons (Fsp3) is 0.560. The largest absolute Gasteiger partial charge is 0.378 e. The van der Waals surface area contributed by atoms with Gasteiger partial charge in [0.2, 0.25) is 0 Å². The number of morpholine rings is 1. The number of piperidine rings is 1. The van der Waals surface area contributed by atoms with Gasteiger partial charge >= 0.3 is 5.69 Å². The molecule has 1 atom stereocenters. The number of nitrogens with zero attached hydrogens (tertiary/aromatic N) is 7. The van der Waals surface area contributed by atoms with Crippen LogP contribution in [0, 0.1) is 6.92 Å². The molecule has 198 valence electrons. The summed E-state index contributed by atoms with van der Waals surface area (Å²) >= 11 is 0. The van der Waals surface area contributed by atoms with Crippen molar-refractivity contribution in [3.8, 4) is 0 Å². The van der Waals surface area contributed by atoms with Gasteiger partial charge in [0.15, 0.2) is 0 Å². The van der Waals surface area contributed by atoms with Gasteiger partial charge in [0.1, 0.15) is 22.7 Å². The second-order valence-corrected chi connectivity index (χ2v) is 9.74. The number of aryl methyl sites for hydroxylation is 3. The third-order valence-electron chi connectivity index (χ3n) is 7.24. The Kier molecular flexibility index (Phi) is 6.86. The second kappa shape index (κ2) is 10.1. The molecule has 2 aliphatic heterocycles. The topological polar surface area (TPSA) is 134 Å². The van der Waals surface area contributed by atoms with E-state index in [1.54, 1.807) is 24.2 Å². The van der Waals surface area contributed by atoms with Gasteiger partial charge in [-0.1, -0.05) is 0 Å². The molecule has 0 aliphatic carbocycles. The van der Waals surface area contributed by atoms with Crippen LogP contribution in [0.1, 0.15) is 41.6 Å². The van der Waals surface area contributed by atoms with Crippen LogP contribution in [0.4, 0.5) is 5.82 Å². The Labute approximate surface area is 214 Å². The Hall–Kier alpha value is -3.51. The summed E-state index contributed by atoms with van der Waals surface area (Å²) in [5, 5.41) is 0. The third kappa shape index (κ3) is 4.44. The Bertz CT molecular complexity index is 1450. The molecule has 0 unspecified atom stereocenters. The van der Waals surface area contributed by atoms with Crippen molar-refractivity contribution in [3.63, 3.8) is 0 Å². The van der Waals surface area contributed by atoms with Crippen molar-refractivity contribution < 1.29 is 9.53 Å². The SMILES string of the molecule is CCn1c(N2CCC[C@@H](N)C2)c(C(=O)N2CCOCC2)c2c1c(=O)n(Cc1nccc(C)n1)c(=O)n2C. The maximum absolute atomic E-state index is 14.0. The van der Waals surface area contributed by atoms with Crippen LogP contribution < -0.4 is 21.9 Å². The number of carbonyl (C=O) groups excluding carboxylic acids is 1. The number of ether oxygens (including phenoxy) is 1. The zero-order chi connectivity index (χ0) is 26.3. The van der Waals surface area contributed by atoms with Crippen molar-refractivity contribution in [2.75, 3.05) is 44.3 Å². The lowest BCUT2D eigenvalue weighted by molar-refractivity contribution is 0.0304. The molecule has 0 saturated carbocycles. The van der Waals surface area contributed by atoms with Gasteiger partial charge < -0.3 is 24.8 Å². The summed E-state index contributed by atoms with van der Waals surface area (Å²) < 4.78 is 9.90. The number of carbonyl (C=O) groups is 1. The average molecular weight is 511 g/mol. The van der Waals surface area contributed by atoms with Crippen LogP contribution in [0.15, 0.2) is 21.9 Å². The predicted octanol–water partition coefficient (Wildman–Crippen LogP) is 0.0682. The lowest BCUT2D eigenvalue weighted by Gasteiger charge is -2.34. The molecule has 2 aliphatic rings. The van der Waals surface area contributed by atoms with E-state index >= 15 is 0 Å². The predicted molar refractivity (Wildman–Crippen MR) is 139 cm³/mol. The van der Waals surface area contributed by atoms with Gasteiger partial charge in [-0.3, -0.25) is 18.7 Å². The van der Waals surface area contributed by atoms with E-state index in [1.165, 1.54) is 4.57 Å². The molecule has 12 heteroatoms. The molecular formula is C25H34N8O4. The third-order valence-corrected chi connectivity index (χ3v) is 7.24. The minimum atomic E-state index is -0.520. The van der Waals surface area contributed by atoms with Crippen LogP contribution in [0.25, 0.3) is 11.0 Å². The Morgan fingerprint density at radius 1 is 1.16 bits per heavy atom. The van der Waals surface area contributed by atoms with Crippen LogP contribution in [-0.4, -0.2) is 79.9 Å². The number of hydrogen-bond acceptors (Lipinski definition) is 8. The van der Waals surface area contributed by atoms with E-state index in [2.05, 4.69) is 14.9 Å². The molecule has 2 fully saturated rings. The number of rotatable bonds is 5. The monoisotopic (exact) mass is 510 g/mol. The number of nitrogens with two attached hydrogens (primary N) is 1. The summed E-state index contributed by atoms with van der Waals surface area (Å²) in [6, 6.07) is 1.72. The number of fused-ring (bicyclic) bond motifs is 1. The summed E-state index contributed by atoms with van der Waals surface area (Å²) in [6.45, 7) is 7.24. The second-order valence-electron chi connectivity index (χ2n) is 9.74. The molecule has 0 spiro atoms. The molecule has 37 heavy (non-hydrogen) atoms. The standard InChI is InChI=1S/C25H34N8O4/c1-4-32-21-20(29(3)25(36)33(24(21)35)15-18-27-8-7-16(2)28-18)19(23(34)30-10-12-37-13-11-30)22(32)31-9-5-6-17(26)14-31/h7-8,17H,4-6,9-15,26H2,1-3H3/t17-/m1/s1. The Balaban J connectivity index is 1.78. The summed E-state index contributed by atoms with van der Waals surface area (Å²) in [6.07, 6.45) is 3.39. The number of hydrogen-bond donors (Lipinski definition) is 1. The van der Waals surface area contributed by atoms with Crippen molar-refractivity contribution >= 4 is 22.8 Å². The first kappa shape index (κ1) is 25.2. The van der Waals surface area contributed by atoms with Crippen LogP contribution in [-0.2, 0) is 24.9 Å². The first-order valence-electron chi connectivity index (χ1n) is 12.8. The maximum atomic E-state index is 14.0. The Morgan fingerprint density at radius 3 is 2.59 bits per heavy atom. The van der Waals surface area contributed by atoms with Gasteiger partial charge in [-0.25, -0.2) is 14.8 Å². The van der Waals surface area contributed by atoms with E-state index in [9.17, 15) is 14.4 Å². The molecule has 12 nitrogen and oxygen atoms in total. The number of amides is 1. The van der Waals surface area contributed by atoms with Crippen LogP contribution in [0.3, 0.4) is 0 Å². The number of aromatic nitrogens is 5. The summed E-state index contributed by atoms with van der Waals surface area (Å²) in [4.78, 5) is 54.0. The summed E-state index contributed by atoms with van der Waals surface area (Å²) in [7, 11) is 1.61. The van der Waals surface area contributed by atoms with Gasteiger partial charge in [-0.15, -0.1) is 0 Å². The normalized spacial score (nSPS) is 18.5. The van der Waals surface area contributed by atoms with Crippen LogP contribution >= 0.6 is 0 Å². The van der Waals surface area contributed by atoms with Crippen molar-refractivity contribution in [1.29, 1.82) is 0 Å². The fourth-order valence-corrected chi connectivity index (χ4v) is 5.45. The molecule has 0 radical (unpaired) electrons. The molecule has 5 heterocycles. The highest BCUT2D eigenvalue weighted by molar-refractivity contribution is 6.11. The van der Waals surface area contributed by atoms with E-state index in [0.717, 1.165) is 23.1 Å². The Morgan fingerprint density at radius 2 is 1.92 bits per heavy atom. The minimum Gasteiger partial charge on any atom is -0.378 e. The van der Waals surface area contributed by atoms with Gasteiger partial charge in [0.25, 0.3) is 11.5 Å². The quantitative estimate of drug-likeness (QED) is 0.510. The van der Waals surface area contributed by atoms with Gasteiger partial charge in [-0.05, 0) is 32.8 Å². The van der Waals surface area contributed by atoms with E-state index in [1.807, 2.05) is 18.4 Å². The van der Waals surface area contributed by atoms with Gasteiger partial charge in [-0.2, -0.15) is 0 Å². The molecule has 1 amide bonds. The zero-order valence-corrected chi connectivity index (χ0v) is 21.6. The lowest BCUT2D eigenvalue weighted by atomic mass is 10.1. The highest BCUT2D eigenvalue weighted by atomic mass is 16.5. The number of anilines is 1. The van der Waals surface area contributed by atoms with Crippen molar-refractivity contribution in [1.82, 2.24) is 28.6 Å². The van der Waals surface area contributed by atoms with Crippen LogP contribution in [0.2, 0.25) is 0 Å². The molecule has 3 aromatic rings. The highest BCUT2D eigenvalue weighted by Gasteiger charge is 2.34. The van der Waals surface area contributed by atoms with Crippen LogP contribution in [0.5, 0.6) is 0 Å². The molecule has 0 bridgehead atoms. The highest BCUT2D eigenvalue weighted by Crippen LogP contribution is 2.34. The maximum Gasteiger partial charge on any atom is 0.331 e.